The van der Waals surface area contributed by atoms with Crippen molar-refractivity contribution in [2.24, 2.45) is 5.92 Å². The number of fused-ring (bicyclic) bond motifs is 2. The summed E-state index contributed by atoms with van der Waals surface area (Å²) in [5.41, 5.74) is 4.56. The molecule has 0 saturated heterocycles. The third-order valence-electron chi connectivity index (χ3n) is 7.45. The van der Waals surface area contributed by atoms with Crippen LogP contribution in [-0.2, 0) is 11.3 Å². The summed E-state index contributed by atoms with van der Waals surface area (Å²) < 4.78 is 5.87. The number of hydrogen-bond acceptors (Lipinski definition) is 4. The second kappa shape index (κ2) is 10.6. The van der Waals surface area contributed by atoms with Crippen LogP contribution in [0.25, 0.3) is 21.9 Å². The smallest absolute Gasteiger partial charge is 0.321 e. The Hall–Kier alpha value is -4.65. The van der Waals surface area contributed by atoms with E-state index in [1.165, 1.54) is 12.8 Å². The van der Waals surface area contributed by atoms with Crippen molar-refractivity contribution in [1.82, 2.24) is 15.5 Å². The Morgan fingerprint density at radius 3 is 2.56 bits per heavy atom. The summed E-state index contributed by atoms with van der Waals surface area (Å²) in [6.07, 6.45) is 2.75. The number of ether oxygens (including phenoxy) is 1. The van der Waals surface area contributed by atoms with E-state index in [1.807, 2.05) is 60.7 Å². The molecule has 0 radical (unpaired) electrons. The topological polar surface area (TPSA) is 87.7 Å². The molecule has 4 amide bonds. The van der Waals surface area contributed by atoms with Crippen LogP contribution in [0.1, 0.15) is 40.4 Å². The van der Waals surface area contributed by atoms with Crippen molar-refractivity contribution in [3.63, 3.8) is 0 Å². The molecular formula is C32H29N3O4. The summed E-state index contributed by atoms with van der Waals surface area (Å²) in [5, 5.41) is 7.32. The van der Waals surface area contributed by atoms with Gasteiger partial charge in [-0.15, -0.1) is 0 Å². The molecule has 7 nitrogen and oxygen atoms in total. The zero-order valence-electron chi connectivity index (χ0n) is 21.4. The molecule has 4 aromatic carbocycles. The molecule has 6 rings (SSSR count). The maximum Gasteiger partial charge on any atom is 0.321 e. The van der Waals surface area contributed by atoms with Gasteiger partial charge in [0.05, 0.1) is 12.6 Å². The van der Waals surface area contributed by atoms with Gasteiger partial charge in [-0.25, -0.2) is 4.79 Å². The number of hydrogen-bond donors (Lipinski definition) is 2. The Morgan fingerprint density at radius 1 is 0.974 bits per heavy atom. The van der Waals surface area contributed by atoms with Gasteiger partial charge in [0.2, 0.25) is 6.41 Å². The summed E-state index contributed by atoms with van der Waals surface area (Å²) in [7, 11) is 0. The fraction of sp³-hybridized carbons (Fsp3) is 0.219. The predicted molar refractivity (Wildman–Crippen MR) is 149 cm³/mol. The van der Waals surface area contributed by atoms with Crippen LogP contribution < -0.4 is 15.4 Å². The van der Waals surface area contributed by atoms with Gasteiger partial charge in [0.1, 0.15) is 5.75 Å². The highest BCUT2D eigenvalue weighted by molar-refractivity contribution is 5.99. The number of rotatable bonds is 9. The van der Waals surface area contributed by atoms with Gasteiger partial charge in [0, 0.05) is 18.7 Å². The van der Waals surface area contributed by atoms with Crippen molar-refractivity contribution in [3.05, 3.63) is 102 Å². The van der Waals surface area contributed by atoms with E-state index in [1.54, 1.807) is 4.90 Å². The number of nitrogens with one attached hydrogen (secondary N) is 2. The van der Waals surface area contributed by atoms with Crippen LogP contribution in [0.3, 0.4) is 0 Å². The van der Waals surface area contributed by atoms with Crippen LogP contribution in [0, 0.1) is 5.92 Å². The van der Waals surface area contributed by atoms with Crippen molar-refractivity contribution in [2.75, 3.05) is 13.2 Å². The van der Waals surface area contributed by atoms with E-state index >= 15 is 0 Å². The van der Waals surface area contributed by atoms with E-state index in [0.717, 1.165) is 33.0 Å². The van der Waals surface area contributed by atoms with Crippen LogP contribution in [0.2, 0.25) is 0 Å². The molecule has 2 aliphatic rings. The van der Waals surface area contributed by atoms with Gasteiger partial charge in [0.25, 0.3) is 5.91 Å². The average Bonchev–Trinajstić information content (AvgIpc) is 3.75. The minimum atomic E-state index is -0.618. The second-order valence-electron chi connectivity index (χ2n) is 10.2. The molecule has 2 N–H and O–H groups in total. The first-order valence-electron chi connectivity index (χ1n) is 13.2. The standard InChI is InChI=1S/C32H29N3O4/c36-20-33-32(38)34-30(18-35-17-25-14-15-26(16-29(25)31(35)37)39-19-21-8-9-21)24-12-10-23(11-13-24)28-7-3-5-22-4-1-2-6-27(22)28/h1-7,10-16,20-21,30H,8-9,17-19H2,(H2,33,34,36,38)/t30-/m0/s1. The van der Waals surface area contributed by atoms with Crippen LogP contribution in [-0.4, -0.2) is 36.4 Å². The number of carbonyl (C=O) groups excluding carboxylic acids is 3. The number of amides is 4. The monoisotopic (exact) mass is 519 g/mol. The van der Waals surface area contributed by atoms with Crippen LogP contribution in [0.4, 0.5) is 4.79 Å². The van der Waals surface area contributed by atoms with Gasteiger partial charge >= 0.3 is 6.03 Å². The zero-order valence-corrected chi connectivity index (χ0v) is 21.4. The first-order valence-corrected chi connectivity index (χ1v) is 13.2. The first-order chi connectivity index (χ1) is 19.1. The first kappa shape index (κ1) is 24.7. The molecule has 7 heteroatoms. The predicted octanol–water partition coefficient (Wildman–Crippen LogP) is 5.45. The van der Waals surface area contributed by atoms with Gasteiger partial charge in [0.15, 0.2) is 0 Å². The third kappa shape index (κ3) is 5.34. The van der Waals surface area contributed by atoms with Gasteiger partial charge in [-0.2, -0.15) is 0 Å². The molecule has 0 aromatic heterocycles. The Morgan fingerprint density at radius 2 is 1.77 bits per heavy atom. The molecule has 1 saturated carbocycles. The minimum absolute atomic E-state index is 0.100. The van der Waals surface area contributed by atoms with E-state index < -0.39 is 12.1 Å². The van der Waals surface area contributed by atoms with Crippen molar-refractivity contribution in [2.45, 2.75) is 25.4 Å². The molecule has 39 heavy (non-hydrogen) atoms. The molecule has 1 fully saturated rings. The van der Waals surface area contributed by atoms with Gasteiger partial charge < -0.3 is 15.0 Å². The number of imide groups is 1. The van der Waals surface area contributed by atoms with Crippen molar-refractivity contribution in [3.8, 4) is 16.9 Å². The lowest BCUT2D eigenvalue weighted by molar-refractivity contribution is -0.108. The van der Waals surface area contributed by atoms with E-state index in [9.17, 15) is 14.4 Å². The molecule has 0 spiro atoms. The zero-order chi connectivity index (χ0) is 26.8. The minimum Gasteiger partial charge on any atom is -0.493 e. The highest BCUT2D eigenvalue weighted by Gasteiger charge is 2.31. The molecule has 1 aliphatic heterocycles. The van der Waals surface area contributed by atoms with Crippen molar-refractivity contribution in [1.29, 1.82) is 0 Å². The van der Waals surface area contributed by atoms with Crippen LogP contribution in [0.15, 0.2) is 84.9 Å². The highest BCUT2D eigenvalue weighted by Crippen LogP contribution is 2.33. The van der Waals surface area contributed by atoms with Crippen molar-refractivity contribution >= 4 is 29.1 Å². The second-order valence-corrected chi connectivity index (χ2v) is 10.2. The van der Waals surface area contributed by atoms with Gasteiger partial charge in [-0.1, -0.05) is 72.8 Å². The Labute approximate surface area is 226 Å². The van der Waals surface area contributed by atoms with Crippen LogP contribution >= 0.6 is 0 Å². The summed E-state index contributed by atoms with van der Waals surface area (Å²) in [6, 6.07) is 27.0. The molecule has 1 heterocycles. The molecule has 1 aliphatic carbocycles. The lowest BCUT2D eigenvalue weighted by atomic mass is 9.96. The Bertz CT molecular complexity index is 1540. The average molecular weight is 520 g/mol. The number of urea groups is 1. The lowest BCUT2D eigenvalue weighted by Gasteiger charge is -2.25. The van der Waals surface area contributed by atoms with Gasteiger partial charge in [-0.3, -0.25) is 14.9 Å². The SMILES string of the molecule is O=CNC(=O)N[C@@H](CN1Cc2ccc(OCC3CC3)cc2C1=O)c1ccc(-c2cccc3ccccc23)cc1. The highest BCUT2D eigenvalue weighted by atomic mass is 16.5. The number of nitrogens with zero attached hydrogens (tertiary/aromatic N) is 1. The third-order valence-corrected chi connectivity index (χ3v) is 7.45. The normalized spacial score (nSPS) is 15.1. The molecule has 0 unspecified atom stereocenters. The molecule has 196 valence electrons. The molecule has 4 aromatic rings. The molecular weight excluding hydrogens is 490 g/mol. The van der Waals surface area contributed by atoms with E-state index in [-0.39, 0.29) is 12.5 Å². The number of benzene rings is 4. The maximum atomic E-state index is 13.3. The van der Waals surface area contributed by atoms with E-state index in [0.29, 0.717) is 36.8 Å². The van der Waals surface area contributed by atoms with E-state index in [4.69, 9.17) is 4.74 Å². The van der Waals surface area contributed by atoms with Crippen molar-refractivity contribution < 1.29 is 19.1 Å². The fourth-order valence-electron chi connectivity index (χ4n) is 5.16. The largest absolute Gasteiger partial charge is 0.493 e. The molecule has 1 atom stereocenters. The lowest BCUT2D eigenvalue weighted by Crippen LogP contribution is -2.42. The van der Waals surface area contributed by atoms with E-state index in [2.05, 4.69) is 34.9 Å². The quantitative estimate of drug-likeness (QED) is 0.288. The fourth-order valence-corrected chi connectivity index (χ4v) is 5.16. The Kier molecular flexibility index (Phi) is 6.71. The van der Waals surface area contributed by atoms with Gasteiger partial charge in [-0.05, 0) is 63.9 Å². The summed E-state index contributed by atoms with van der Waals surface area (Å²) in [6.45, 7) is 1.38. The van der Waals surface area contributed by atoms with Crippen LogP contribution in [0.5, 0.6) is 5.75 Å². The summed E-state index contributed by atoms with van der Waals surface area (Å²) in [5.74, 6) is 1.23. The molecule has 0 bridgehead atoms. The maximum absolute atomic E-state index is 13.3. The summed E-state index contributed by atoms with van der Waals surface area (Å²) >= 11 is 0. The number of carbonyl (C=O) groups is 3. The Balaban J connectivity index is 1.23. The summed E-state index contributed by atoms with van der Waals surface area (Å²) in [4.78, 5) is 38.3.